The number of carboxylic acid groups (broad SMARTS) is 6. The molecule has 2 aromatic rings. The van der Waals surface area contributed by atoms with Gasteiger partial charge in [-0.05, 0) is 102 Å². The van der Waals surface area contributed by atoms with Crippen molar-refractivity contribution >= 4 is 35.8 Å². The predicted molar refractivity (Wildman–Crippen MR) is 191 cm³/mol. The number of aliphatic carboxylic acids is 6. The monoisotopic (exact) mass is 784 g/mol. The molecule has 18 nitrogen and oxygen atoms in total. The summed E-state index contributed by atoms with van der Waals surface area (Å²) in [6.45, 7) is 13.3. The Labute approximate surface area is 326 Å². The average molecular weight is 785 g/mol. The molecule has 2 aliphatic carbocycles. The summed E-state index contributed by atoms with van der Waals surface area (Å²) in [7, 11) is 0. The topological polar surface area (TPSA) is 300 Å². The fraction of sp³-hybridized carbons (Fsp3) is 0.526. The molecule has 0 saturated heterocycles. The molecule has 2 aliphatic rings. The fourth-order valence-corrected chi connectivity index (χ4v) is 5.38. The molecule has 2 unspecified atom stereocenters. The maximum atomic E-state index is 9.41. The third-order valence-electron chi connectivity index (χ3n) is 8.08. The molecule has 2 atom stereocenters. The van der Waals surface area contributed by atoms with Gasteiger partial charge in [-0.1, -0.05) is 26.7 Å². The van der Waals surface area contributed by atoms with Crippen molar-refractivity contribution < 1.29 is 59.4 Å². The first-order valence-corrected chi connectivity index (χ1v) is 18.4. The number of carboxylic acids is 6. The summed E-state index contributed by atoms with van der Waals surface area (Å²) in [5.74, 6) is -9.28. The molecule has 0 amide bonds. The van der Waals surface area contributed by atoms with Gasteiger partial charge in [-0.3, -0.25) is 0 Å². The van der Waals surface area contributed by atoms with Gasteiger partial charge >= 0.3 is 0 Å². The second-order valence-corrected chi connectivity index (χ2v) is 12.3. The maximum absolute atomic E-state index is 9.41. The minimum Gasteiger partial charge on any atom is -0.545 e. The van der Waals surface area contributed by atoms with E-state index in [1.807, 2.05) is 12.7 Å². The molecule has 0 radical (unpaired) electrons. The van der Waals surface area contributed by atoms with Crippen LogP contribution >= 0.6 is 0 Å². The van der Waals surface area contributed by atoms with Crippen molar-refractivity contribution in [1.29, 1.82) is 0 Å². The second-order valence-electron chi connectivity index (χ2n) is 12.3. The number of carbonyl (C=O) groups excluding carboxylic acids is 6. The molecular weight excluding hydrogens is 732 g/mol. The number of hydrogen-bond donors (Lipinski definition) is 2. The molecule has 56 heavy (non-hydrogen) atoms. The Hall–Kier alpha value is -5.62. The first kappa shape index (κ1) is 50.4. The van der Waals surface area contributed by atoms with Crippen molar-refractivity contribution in [1.82, 2.24) is 29.7 Å². The highest BCUT2D eigenvalue weighted by molar-refractivity contribution is 5.88. The fourth-order valence-electron chi connectivity index (χ4n) is 5.38. The van der Waals surface area contributed by atoms with Gasteiger partial charge in [0, 0.05) is 49.4 Å². The standard InChI is InChI=1S/2C13H23N3.3C4H4O4/c2*1-3-5-8-14-11-6-7-13-12(9-11)15-10-16(13)4-2;3*5-3(6)1-2-4(7)8/h2*10-11,14H,3-9H2,1-2H3;3*1-2H,(H,5,6)(H,7,8)/p-6/b;;3*2-1+. The average Bonchev–Trinajstić information content (AvgIpc) is 3.77. The SMILES string of the molecule is CCCCNC1CCc2c(ncn2CC)C1.CCCCNC1CCc2c(ncn2CC)C1.O=C([O-])/C=C/C(=O)[O-].O=C([O-])/C=C/C(=O)[O-].O=C([O-])/C=C/C(=O)[O-]. The van der Waals surface area contributed by atoms with Crippen LogP contribution in [0.5, 0.6) is 0 Å². The molecule has 0 saturated carbocycles. The second kappa shape index (κ2) is 29.7. The Morgan fingerprint density at radius 2 is 0.857 bits per heavy atom. The first-order valence-electron chi connectivity index (χ1n) is 18.4. The number of rotatable bonds is 16. The molecule has 2 heterocycles. The zero-order valence-electron chi connectivity index (χ0n) is 32.4. The Balaban J connectivity index is 0.000000708. The number of unbranched alkanes of at least 4 members (excludes halogenated alkanes) is 2. The summed E-state index contributed by atoms with van der Waals surface area (Å²) in [6.07, 6.45) is 18.6. The van der Waals surface area contributed by atoms with Crippen LogP contribution < -0.4 is 41.3 Å². The van der Waals surface area contributed by atoms with Gasteiger partial charge in [0.25, 0.3) is 0 Å². The van der Waals surface area contributed by atoms with E-state index in [4.69, 9.17) is 0 Å². The number of carbonyl (C=O) groups is 6. The van der Waals surface area contributed by atoms with Crippen LogP contribution in [0.1, 0.15) is 89.0 Å². The van der Waals surface area contributed by atoms with Crippen molar-refractivity contribution in [3.8, 4) is 0 Å². The van der Waals surface area contributed by atoms with Crippen LogP contribution in [0.15, 0.2) is 49.1 Å². The van der Waals surface area contributed by atoms with Crippen molar-refractivity contribution in [2.45, 2.75) is 117 Å². The maximum Gasteiger partial charge on any atom is 0.0951 e. The van der Waals surface area contributed by atoms with Crippen LogP contribution in [0, 0.1) is 0 Å². The van der Waals surface area contributed by atoms with Gasteiger partial charge in [0.2, 0.25) is 0 Å². The number of nitrogens with one attached hydrogen (secondary N) is 2. The van der Waals surface area contributed by atoms with Gasteiger partial charge in [0.1, 0.15) is 0 Å². The van der Waals surface area contributed by atoms with Crippen molar-refractivity contribution in [2.75, 3.05) is 13.1 Å². The Bertz CT molecular complexity index is 1420. The molecular formula is C38H52N6O12-6. The molecule has 18 heteroatoms. The number of hydrogen-bond acceptors (Lipinski definition) is 16. The minimum absolute atomic E-state index is 0.384. The lowest BCUT2D eigenvalue weighted by Crippen LogP contribution is -2.35. The van der Waals surface area contributed by atoms with Crippen LogP contribution in [0.25, 0.3) is 0 Å². The third kappa shape index (κ3) is 23.9. The van der Waals surface area contributed by atoms with Crippen molar-refractivity contribution in [3.63, 3.8) is 0 Å². The zero-order valence-corrected chi connectivity index (χ0v) is 32.4. The van der Waals surface area contributed by atoms with Gasteiger partial charge in [-0.25, -0.2) is 9.97 Å². The molecule has 312 valence electrons. The number of nitrogens with zero attached hydrogens (tertiary/aromatic N) is 4. The summed E-state index contributed by atoms with van der Waals surface area (Å²) >= 11 is 0. The summed E-state index contributed by atoms with van der Waals surface area (Å²) in [5, 5.41) is 63.8. The van der Waals surface area contributed by atoms with Crippen molar-refractivity contribution in [2.24, 2.45) is 0 Å². The summed E-state index contributed by atoms with van der Waals surface area (Å²) in [5.41, 5.74) is 5.58. The lowest BCUT2D eigenvalue weighted by Gasteiger charge is -2.23. The van der Waals surface area contributed by atoms with E-state index in [2.05, 4.69) is 57.4 Å². The highest BCUT2D eigenvalue weighted by atomic mass is 16.4. The smallest absolute Gasteiger partial charge is 0.0951 e. The van der Waals surface area contributed by atoms with E-state index < -0.39 is 35.8 Å². The lowest BCUT2D eigenvalue weighted by molar-refractivity contribution is -0.301. The summed E-state index contributed by atoms with van der Waals surface area (Å²) < 4.78 is 4.58. The number of aryl methyl sites for hydroxylation is 2. The minimum atomic E-state index is -1.55. The molecule has 2 aromatic heterocycles. The highest BCUT2D eigenvalue weighted by Crippen LogP contribution is 2.21. The Morgan fingerprint density at radius 1 is 0.571 bits per heavy atom. The molecule has 0 aliphatic heterocycles. The predicted octanol–water partition coefficient (Wildman–Crippen LogP) is -4.57. The van der Waals surface area contributed by atoms with Crippen LogP contribution in [-0.2, 0) is 67.5 Å². The molecule has 0 bridgehead atoms. The van der Waals surface area contributed by atoms with E-state index in [1.165, 1.54) is 74.1 Å². The van der Waals surface area contributed by atoms with Gasteiger partial charge in [-0.2, -0.15) is 0 Å². The van der Waals surface area contributed by atoms with E-state index in [9.17, 15) is 59.4 Å². The highest BCUT2D eigenvalue weighted by Gasteiger charge is 2.22. The third-order valence-corrected chi connectivity index (χ3v) is 8.08. The molecule has 4 rings (SSSR count). The normalized spacial score (nSPS) is 15.4. The lowest BCUT2D eigenvalue weighted by atomic mass is 9.95. The van der Waals surface area contributed by atoms with Gasteiger partial charge < -0.3 is 79.2 Å². The molecule has 0 spiro atoms. The number of aromatic nitrogens is 4. The number of imidazole rings is 2. The summed E-state index contributed by atoms with van der Waals surface area (Å²) in [4.78, 5) is 65.5. The van der Waals surface area contributed by atoms with Gasteiger partial charge in [0.15, 0.2) is 0 Å². The van der Waals surface area contributed by atoms with Crippen LogP contribution in [-0.4, -0.2) is 80.1 Å². The summed E-state index contributed by atoms with van der Waals surface area (Å²) in [6, 6.07) is 1.30. The van der Waals surface area contributed by atoms with E-state index in [1.54, 1.807) is 0 Å². The van der Waals surface area contributed by atoms with E-state index in [-0.39, 0.29) is 0 Å². The number of fused-ring (bicyclic) bond motifs is 2. The van der Waals surface area contributed by atoms with E-state index in [0.717, 1.165) is 39.0 Å². The zero-order chi connectivity index (χ0) is 42.5. The van der Waals surface area contributed by atoms with E-state index >= 15 is 0 Å². The van der Waals surface area contributed by atoms with E-state index in [0.29, 0.717) is 48.5 Å². The van der Waals surface area contributed by atoms with Crippen molar-refractivity contribution in [3.05, 3.63) is 71.9 Å². The van der Waals surface area contributed by atoms with Gasteiger partial charge in [0.05, 0.1) is 59.9 Å². The van der Waals surface area contributed by atoms with Crippen LogP contribution in [0.3, 0.4) is 0 Å². The van der Waals surface area contributed by atoms with Crippen LogP contribution in [0.2, 0.25) is 0 Å². The molecule has 0 fully saturated rings. The Kier molecular flexibility index (Phi) is 26.7. The largest absolute Gasteiger partial charge is 0.545 e. The van der Waals surface area contributed by atoms with Gasteiger partial charge in [-0.15, -0.1) is 0 Å². The quantitative estimate of drug-likeness (QED) is 0.120. The molecule has 0 aromatic carbocycles. The first-order chi connectivity index (χ1) is 26.6. The Morgan fingerprint density at radius 3 is 1.09 bits per heavy atom. The van der Waals surface area contributed by atoms with Crippen LogP contribution in [0.4, 0.5) is 0 Å². The molecule has 2 N–H and O–H groups in total.